The number of nitro groups is 1. The van der Waals surface area contributed by atoms with Crippen molar-refractivity contribution in [1.29, 1.82) is 0 Å². The number of amides is 3. The Bertz CT molecular complexity index is 1360. The molecule has 0 saturated carbocycles. The quantitative estimate of drug-likeness (QED) is 0.315. The summed E-state index contributed by atoms with van der Waals surface area (Å²) in [5.74, 6) is -1.18. The lowest BCUT2D eigenvalue weighted by Crippen LogP contribution is -2.37. The highest BCUT2D eigenvalue weighted by molar-refractivity contribution is 7.22. The topological polar surface area (TPSA) is 126 Å². The molecule has 0 aliphatic carbocycles. The molecule has 35 heavy (non-hydrogen) atoms. The average Bonchev–Trinajstić information content (AvgIpc) is 3.33. The number of carbonyl (C=O) groups is 3. The van der Waals surface area contributed by atoms with E-state index in [9.17, 15) is 24.5 Å². The van der Waals surface area contributed by atoms with E-state index >= 15 is 0 Å². The highest BCUT2D eigenvalue weighted by Crippen LogP contribution is 2.29. The number of rotatable bonds is 6. The van der Waals surface area contributed by atoms with Gasteiger partial charge in [-0.05, 0) is 55.6 Å². The molecule has 0 unspecified atom stereocenters. The predicted octanol–water partition coefficient (Wildman–Crippen LogP) is 3.67. The van der Waals surface area contributed by atoms with E-state index < -0.39 is 29.2 Å². The first kappa shape index (κ1) is 23.1. The lowest BCUT2D eigenvalue weighted by molar-refractivity contribution is -0.384. The molecule has 3 amide bonds. The van der Waals surface area contributed by atoms with Crippen LogP contribution in [0.15, 0.2) is 36.4 Å². The van der Waals surface area contributed by atoms with Crippen LogP contribution in [-0.4, -0.2) is 57.1 Å². The highest BCUT2D eigenvalue weighted by atomic mass is 32.1. The van der Waals surface area contributed by atoms with Gasteiger partial charge in [-0.2, -0.15) is 0 Å². The van der Waals surface area contributed by atoms with Gasteiger partial charge in [0.25, 0.3) is 17.5 Å². The Kier molecular flexibility index (Phi) is 6.03. The molecule has 2 aliphatic heterocycles. The molecule has 0 atom stereocenters. The number of anilines is 1. The summed E-state index contributed by atoms with van der Waals surface area (Å²) in [4.78, 5) is 55.8. The molecular weight excluding hydrogens is 470 g/mol. The van der Waals surface area contributed by atoms with Gasteiger partial charge in [-0.3, -0.25) is 34.3 Å². The Hall–Kier alpha value is -3.70. The fraction of sp³-hybridized carbons (Fsp3) is 0.333. The van der Waals surface area contributed by atoms with Crippen LogP contribution < -0.4 is 5.32 Å². The van der Waals surface area contributed by atoms with E-state index in [2.05, 4.69) is 28.2 Å². The number of fused-ring (bicyclic) bond motifs is 2. The third kappa shape index (κ3) is 4.64. The van der Waals surface area contributed by atoms with E-state index in [0.29, 0.717) is 5.13 Å². The maximum atomic E-state index is 12.6. The molecule has 0 spiro atoms. The second kappa shape index (κ2) is 9.16. The number of nitrogens with zero attached hydrogens (tertiary/aromatic N) is 4. The minimum absolute atomic E-state index is 0.0454. The number of piperidine rings is 1. The first-order valence-corrected chi connectivity index (χ1v) is 12.2. The number of nitrogens with one attached hydrogen (secondary N) is 1. The van der Waals surface area contributed by atoms with Crippen LogP contribution in [0, 0.1) is 16.0 Å². The summed E-state index contributed by atoms with van der Waals surface area (Å²) in [5, 5.41) is 14.0. The predicted molar refractivity (Wildman–Crippen MR) is 130 cm³/mol. The van der Waals surface area contributed by atoms with Crippen molar-refractivity contribution >= 4 is 50.1 Å². The van der Waals surface area contributed by atoms with Crippen molar-refractivity contribution in [2.24, 2.45) is 5.92 Å². The molecule has 0 radical (unpaired) electrons. The van der Waals surface area contributed by atoms with E-state index in [1.54, 1.807) is 0 Å². The van der Waals surface area contributed by atoms with Crippen LogP contribution in [-0.2, 0) is 11.3 Å². The molecular formula is C24H23N5O5S. The zero-order valence-electron chi connectivity index (χ0n) is 19.0. The average molecular weight is 494 g/mol. The van der Waals surface area contributed by atoms with Gasteiger partial charge in [0.2, 0.25) is 5.91 Å². The Morgan fingerprint density at radius 3 is 2.63 bits per heavy atom. The SMILES string of the molecule is CC1CCN(Cc2ccc3nc(NC(=O)CN4C(=O)c5ccc([N+](=O)[O-])cc5C4=O)sc3c2)CC1. The summed E-state index contributed by atoms with van der Waals surface area (Å²) in [5.41, 5.74) is 1.62. The first-order valence-electron chi connectivity index (χ1n) is 11.3. The normalized spacial score (nSPS) is 16.7. The highest BCUT2D eigenvalue weighted by Gasteiger charge is 2.38. The zero-order valence-corrected chi connectivity index (χ0v) is 19.8. The van der Waals surface area contributed by atoms with Gasteiger partial charge in [0, 0.05) is 18.7 Å². The number of thiazole rings is 1. The maximum Gasteiger partial charge on any atom is 0.270 e. The van der Waals surface area contributed by atoms with Crippen molar-refractivity contribution < 1.29 is 19.3 Å². The number of likely N-dealkylation sites (tertiary alicyclic amines) is 1. The third-order valence-corrected chi connectivity index (χ3v) is 7.38. The van der Waals surface area contributed by atoms with Crippen molar-refractivity contribution in [3.8, 4) is 0 Å². The summed E-state index contributed by atoms with van der Waals surface area (Å²) >= 11 is 1.33. The molecule has 1 aromatic heterocycles. The summed E-state index contributed by atoms with van der Waals surface area (Å²) in [6, 6.07) is 9.51. The van der Waals surface area contributed by atoms with Crippen LogP contribution in [0.25, 0.3) is 10.2 Å². The van der Waals surface area contributed by atoms with Crippen LogP contribution in [0.1, 0.15) is 46.0 Å². The van der Waals surface area contributed by atoms with E-state index in [-0.39, 0.29) is 16.8 Å². The summed E-state index contributed by atoms with van der Waals surface area (Å²) in [7, 11) is 0. The van der Waals surface area contributed by atoms with Crippen LogP contribution in [0.4, 0.5) is 10.8 Å². The second-order valence-electron chi connectivity index (χ2n) is 9.01. The van der Waals surface area contributed by atoms with Crippen molar-refractivity contribution in [3.63, 3.8) is 0 Å². The van der Waals surface area contributed by atoms with Crippen molar-refractivity contribution in [1.82, 2.24) is 14.8 Å². The number of nitro benzene ring substituents is 1. The Morgan fingerprint density at radius 2 is 1.89 bits per heavy atom. The van der Waals surface area contributed by atoms with Crippen molar-refractivity contribution in [2.75, 3.05) is 25.0 Å². The van der Waals surface area contributed by atoms with Gasteiger partial charge in [-0.1, -0.05) is 24.3 Å². The van der Waals surface area contributed by atoms with Crippen LogP contribution in [0.3, 0.4) is 0 Å². The number of hydrogen-bond donors (Lipinski definition) is 1. The molecule has 1 saturated heterocycles. The fourth-order valence-electron chi connectivity index (χ4n) is 4.44. The number of hydrogen-bond acceptors (Lipinski definition) is 8. The summed E-state index contributed by atoms with van der Waals surface area (Å²) in [6.07, 6.45) is 2.42. The molecule has 180 valence electrons. The number of carbonyl (C=O) groups excluding carboxylic acids is 3. The van der Waals surface area contributed by atoms with E-state index in [1.165, 1.54) is 35.8 Å². The van der Waals surface area contributed by atoms with Crippen molar-refractivity contribution in [2.45, 2.75) is 26.3 Å². The Morgan fingerprint density at radius 1 is 1.14 bits per heavy atom. The van der Waals surface area contributed by atoms with Gasteiger partial charge >= 0.3 is 0 Å². The first-order chi connectivity index (χ1) is 16.8. The Balaban J connectivity index is 1.24. The largest absolute Gasteiger partial charge is 0.300 e. The Labute approximate surface area is 204 Å². The maximum absolute atomic E-state index is 12.6. The molecule has 1 fully saturated rings. The molecule has 2 aromatic carbocycles. The molecule has 2 aliphatic rings. The monoisotopic (exact) mass is 493 g/mol. The van der Waals surface area contributed by atoms with E-state index in [1.807, 2.05) is 12.1 Å². The minimum Gasteiger partial charge on any atom is -0.300 e. The van der Waals surface area contributed by atoms with Crippen LogP contribution >= 0.6 is 11.3 Å². The molecule has 1 N–H and O–H groups in total. The second-order valence-corrected chi connectivity index (χ2v) is 10.0. The summed E-state index contributed by atoms with van der Waals surface area (Å²) < 4.78 is 0.941. The standard InChI is InChI=1S/C24H23N5O5S/c1-14-6-8-27(9-7-14)12-15-2-5-19-20(10-15)35-24(25-19)26-21(30)13-28-22(31)17-4-3-16(29(33)34)11-18(17)23(28)32/h2-5,10-11,14H,6-9,12-13H2,1H3,(H,25,26,30). The lowest BCUT2D eigenvalue weighted by Gasteiger charge is -2.30. The van der Waals surface area contributed by atoms with Crippen LogP contribution in [0.2, 0.25) is 0 Å². The van der Waals surface area contributed by atoms with Crippen molar-refractivity contribution in [3.05, 3.63) is 63.2 Å². The molecule has 3 heterocycles. The van der Waals surface area contributed by atoms with E-state index in [4.69, 9.17) is 0 Å². The molecule has 0 bridgehead atoms. The number of aromatic nitrogens is 1. The van der Waals surface area contributed by atoms with Crippen LogP contribution in [0.5, 0.6) is 0 Å². The van der Waals surface area contributed by atoms with Gasteiger partial charge in [-0.15, -0.1) is 0 Å². The molecule has 11 heteroatoms. The summed E-state index contributed by atoms with van der Waals surface area (Å²) in [6.45, 7) is 4.84. The van der Waals surface area contributed by atoms with Gasteiger partial charge in [0.15, 0.2) is 5.13 Å². The number of imide groups is 1. The smallest absolute Gasteiger partial charge is 0.270 e. The molecule has 5 rings (SSSR count). The molecule has 10 nitrogen and oxygen atoms in total. The fourth-order valence-corrected chi connectivity index (χ4v) is 5.38. The number of benzene rings is 2. The van der Waals surface area contributed by atoms with E-state index in [0.717, 1.165) is 52.8 Å². The van der Waals surface area contributed by atoms with Gasteiger partial charge < -0.3 is 5.32 Å². The van der Waals surface area contributed by atoms with Gasteiger partial charge in [0.05, 0.1) is 26.3 Å². The number of non-ortho nitro benzene ring substituents is 1. The van der Waals surface area contributed by atoms with Gasteiger partial charge in [0.1, 0.15) is 6.54 Å². The lowest BCUT2D eigenvalue weighted by atomic mass is 9.99. The minimum atomic E-state index is -0.732. The molecule has 3 aromatic rings. The third-order valence-electron chi connectivity index (χ3n) is 6.45. The van der Waals surface area contributed by atoms with Gasteiger partial charge in [-0.25, -0.2) is 4.98 Å². The zero-order chi connectivity index (χ0) is 24.7.